The third-order valence-electron chi connectivity index (χ3n) is 4.44. The predicted molar refractivity (Wildman–Crippen MR) is 93.4 cm³/mol. The van der Waals surface area contributed by atoms with Gasteiger partial charge in [-0.15, -0.1) is 0 Å². The maximum atomic E-state index is 9.98. The van der Waals surface area contributed by atoms with Gasteiger partial charge in [-0.3, -0.25) is 4.90 Å². The summed E-state index contributed by atoms with van der Waals surface area (Å²) in [6, 6.07) is 17.6. The van der Waals surface area contributed by atoms with Gasteiger partial charge in [-0.25, -0.2) is 9.97 Å². The van der Waals surface area contributed by atoms with Crippen molar-refractivity contribution in [3.8, 4) is 17.1 Å². The van der Waals surface area contributed by atoms with Gasteiger partial charge in [-0.2, -0.15) is 0 Å². The van der Waals surface area contributed by atoms with Crippen molar-refractivity contribution in [3.63, 3.8) is 0 Å². The van der Waals surface area contributed by atoms with Gasteiger partial charge in [0.2, 0.25) is 0 Å². The van der Waals surface area contributed by atoms with Gasteiger partial charge in [0.05, 0.1) is 5.69 Å². The predicted octanol–water partition coefficient (Wildman–Crippen LogP) is 3.41. The van der Waals surface area contributed by atoms with Crippen LogP contribution < -0.4 is 0 Å². The van der Waals surface area contributed by atoms with E-state index in [0.717, 1.165) is 48.7 Å². The van der Waals surface area contributed by atoms with Crippen molar-refractivity contribution in [2.24, 2.45) is 0 Å². The summed E-state index contributed by atoms with van der Waals surface area (Å²) in [5.74, 6) is 1.13. The maximum absolute atomic E-state index is 9.98. The zero-order valence-electron chi connectivity index (χ0n) is 13.4. The Morgan fingerprint density at radius 1 is 1.00 bits per heavy atom. The summed E-state index contributed by atoms with van der Waals surface area (Å²) in [5.41, 5.74) is 4.31. The molecule has 2 aromatic carbocycles. The molecule has 0 spiro atoms. The van der Waals surface area contributed by atoms with Crippen LogP contribution in [0.5, 0.6) is 5.75 Å². The Kier molecular flexibility index (Phi) is 3.97. The van der Waals surface area contributed by atoms with Crippen molar-refractivity contribution >= 4 is 0 Å². The lowest BCUT2D eigenvalue weighted by atomic mass is 10.1. The van der Waals surface area contributed by atoms with Gasteiger partial charge in [0.1, 0.15) is 5.75 Å². The van der Waals surface area contributed by atoms with Gasteiger partial charge < -0.3 is 5.11 Å². The molecule has 2 heterocycles. The number of hydrogen-bond acceptors (Lipinski definition) is 4. The van der Waals surface area contributed by atoms with E-state index in [-0.39, 0.29) is 0 Å². The van der Waals surface area contributed by atoms with E-state index in [1.807, 2.05) is 54.7 Å². The molecule has 1 aliphatic rings. The van der Waals surface area contributed by atoms with Crippen LogP contribution >= 0.6 is 0 Å². The van der Waals surface area contributed by atoms with Gasteiger partial charge in [0.25, 0.3) is 0 Å². The zero-order valence-corrected chi connectivity index (χ0v) is 13.4. The normalized spacial score (nSPS) is 14.3. The summed E-state index contributed by atoms with van der Waals surface area (Å²) in [6.07, 6.45) is 2.90. The van der Waals surface area contributed by atoms with Crippen LogP contribution in [-0.2, 0) is 19.5 Å². The van der Waals surface area contributed by atoms with Crippen molar-refractivity contribution in [1.29, 1.82) is 0 Å². The number of aromatic hydroxyl groups is 1. The van der Waals surface area contributed by atoms with Crippen LogP contribution in [0.1, 0.15) is 16.8 Å². The number of para-hydroxylation sites is 1. The number of benzene rings is 2. The molecule has 0 aliphatic carbocycles. The number of rotatable bonds is 3. The molecule has 4 rings (SSSR count). The first-order chi connectivity index (χ1) is 11.8. The van der Waals surface area contributed by atoms with Crippen LogP contribution in [0.3, 0.4) is 0 Å². The minimum Gasteiger partial charge on any atom is -0.508 e. The standard InChI is InChI=1S/C20H19N3O/c24-19-9-5-4-8-17(19)13-23-11-10-16-12-21-20(22-18(16)14-23)15-6-2-1-3-7-15/h1-9,12,24H,10-11,13-14H2. The molecule has 0 radical (unpaired) electrons. The Hall–Kier alpha value is -2.72. The maximum Gasteiger partial charge on any atom is 0.159 e. The Morgan fingerprint density at radius 3 is 2.62 bits per heavy atom. The van der Waals surface area contributed by atoms with Gasteiger partial charge in [0.15, 0.2) is 5.82 Å². The van der Waals surface area contributed by atoms with Crippen molar-refractivity contribution in [1.82, 2.24) is 14.9 Å². The summed E-state index contributed by atoms with van der Waals surface area (Å²) in [4.78, 5) is 11.6. The lowest BCUT2D eigenvalue weighted by Gasteiger charge is -2.28. The van der Waals surface area contributed by atoms with E-state index in [9.17, 15) is 5.11 Å². The van der Waals surface area contributed by atoms with Crippen LogP contribution in [-0.4, -0.2) is 26.5 Å². The van der Waals surface area contributed by atoms with E-state index in [1.54, 1.807) is 6.07 Å². The summed E-state index contributed by atoms with van der Waals surface area (Å²) in [6.45, 7) is 2.47. The zero-order chi connectivity index (χ0) is 16.4. The second-order valence-electron chi connectivity index (χ2n) is 6.12. The lowest BCUT2D eigenvalue weighted by Crippen LogP contribution is -2.31. The first-order valence-corrected chi connectivity index (χ1v) is 8.19. The lowest BCUT2D eigenvalue weighted by molar-refractivity contribution is 0.238. The number of nitrogens with zero attached hydrogens (tertiary/aromatic N) is 3. The van der Waals surface area contributed by atoms with E-state index in [1.165, 1.54) is 5.56 Å². The molecule has 1 aromatic heterocycles. The van der Waals surface area contributed by atoms with Gasteiger partial charge in [0, 0.05) is 37.0 Å². The van der Waals surface area contributed by atoms with Gasteiger partial charge >= 0.3 is 0 Å². The monoisotopic (exact) mass is 317 g/mol. The van der Waals surface area contributed by atoms with Crippen LogP contribution in [0.15, 0.2) is 60.8 Å². The van der Waals surface area contributed by atoms with Crippen LogP contribution in [0, 0.1) is 0 Å². The van der Waals surface area contributed by atoms with Crippen molar-refractivity contribution in [2.75, 3.05) is 6.54 Å². The Balaban J connectivity index is 1.57. The van der Waals surface area contributed by atoms with Crippen LogP contribution in [0.4, 0.5) is 0 Å². The molecule has 0 fully saturated rings. The quantitative estimate of drug-likeness (QED) is 0.804. The Bertz CT molecular complexity index is 849. The van der Waals surface area contributed by atoms with E-state index in [4.69, 9.17) is 4.98 Å². The fourth-order valence-corrected chi connectivity index (χ4v) is 3.10. The van der Waals surface area contributed by atoms with Crippen molar-refractivity contribution in [3.05, 3.63) is 77.6 Å². The topological polar surface area (TPSA) is 49.2 Å². The fourth-order valence-electron chi connectivity index (χ4n) is 3.10. The number of fused-ring (bicyclic) bond motifs is 1. The summed E-state index contributed by atoms with van der Waals surface area (Å²) < 4.78 is 0. The van der Waals surface area contributed by atoms with Crippen LogP contribution in [0.2, 0.25) is 0 Å². The average Bonchev–Trinajstić information content (AvgIpc) is 2.64. The molecule has 120 valence electrons. The highest BCUT2D eigenvalue weighted by atomic mass is 16.3. The molecular formula is C20H19N3O. The largest absolute Gasteiger partial charge is 0.508 e. The number of aromatic nitrogens is 2. The molecule has 4 nitrogen and oxygen atoms in total. The SMILES string of the molecule is Oc1ccccc1CN1CCc2cnc(-c3ccccc3)nc2C1. The second kappa shape index (κ2) is 6.42. The Morgan fingerprint density at radius 2 is 1.79 bits per heavy atom. The highest BCUT2D eigenvalue weighted by Crippen LogP contribution is 2.24. The molecule has 3 aromatic rings. The first kappa shape index (κ1) is 14.8. The first-order valence-electron chi connectivity index (χ1n) is 8.19. The molecule has 4 heteroatoms. The molecule has 1 N–H and O–H groups in total. The third-order valence-corrected chi connectivity index (χ3v) is 4.44. The minimum absolute atomic E-state index is 0.357. The second-order valence-corrected chi connectivity index (χ2v) is 6.12. The molecule has 1 aliphatic heterocycles. The minimum atomic E-state index is 0.357. The fraction of sp³-hybridized carbons (Fsp3) is 0.200. The molecule has 0 unspecified atom stereocenters. The van der Waals surface area contributed by atoms with Crippen LogP contribution in [0.25, 0.3) is 11.4 Å². The van der Waals surface area contributed by atoms with E-state index in [2.05, 4.69) is 9.88 Å². The molecule has 24 heavy (non-hydrogen) atoms. The molecular weight excluding hydrogens is 298 g/mol. The van der Waals surface area contributed by atoms with Gasteiger partial charge in [-0.05, 0) is 18.1 Å². The molecule has 0 atom stereocenters. The number of phenols is 1. The molecule has 0 saturated carbocycles. The van der Waals surface area contributed by atoms with E-state index < -0.39 is 0 Å². The van der Waals surface area contributed by atoms with Gasteiger partial charge in [-0.1, -0.05) is 48.5 Å². The van der Waals surface area contributed by atoms with Crippen molar-refractivity contribution in [2.45, 2.75) is 19.5 Å². The highest BCUT2D eigenvalue weighted by Gasteiger charge is 2.19. The molecule has 0 bridgehead atoms. The number of hydrogen-bond donors (Lipinski definition) is 1. The van der Waals surface area contributed by atoms with E-state index >= 15 is 0 Å². The third kappa shape index (κ3) is 3.01. The molecule has 0 amide bonds. The van der Waals surface area contributed by atoms with Crippen molar-refractivity contribution < 1.29 is 5.11 Å². The summed E-state index contributed by atoms with van der Waals surface area (Å²) >= 11 is 0. The smallest absolute Gasteiger partial charge is 0.159 e. The molecule has 0 saturated heterocycles. The van der Waals surface area contributed by atoms with E-state index in [0.29, 0.717) is 5.75 Å². The summed E-state index contributed by atoms with van der Waals surface area (Å²) in [5, 5.41) is 9.98. The number of phenolic OH excluding ortho intramolecular Hbond substituents is 1. The average molecular weight is 317 g/mol. The Labute approximate surface area is 141 Å². The highest BCUT2D eigenvalue weighted by molar-refractivity contribution is 5.54. The summed E-state index contributed by atoms with van der Waals surface area (Å²) in [7, 11) is 0.